The molecule has 0 bridgehead atoms. The zero-order valence-corrected chi connectivity index (χ0v) is 17.9. The second-order valence-corrected chi connectivity index (χ2v) is 7.75. The van der Waals surface area contributed by atoms with Gasteiger partial charge in [-0.15, -0.1) is 0 Å². The second-order valence-electron chi connectivity index (χ2n) is 7.75. The molecule has 0 atom stereocenters. The van der Waals surface area contributed by atoms with Gasteiger partial charge in [-0.25, -0.2) is 9.78 Å². The van der Waals surface area contributed by atoms with Crippen LogP contribution in [0.1, 0.15) is 45.6 Å². The number of pyridine rings is 1. The maximum atomic E-state index is 13.1. The fraction of sp³-hybridized carbons (Fsp3) is 0.231. The van der Waals surface area contributed by atoms with Gasteiger partial charge in [0.15, 0.2) is 6.61 Å². The highest BCUT2D eigenvalue weighted by molar-refractivity contribution is 6.07. The maximum Gasteiger partial charge on any atom is 0.339 e. The molecule has 1 heterocycles. The lowest BCUT2D eigenvalue weighted by Gasteiger charge is -2.12. The molecule has 1 aromatic heterocycles. The van der Waals surface area contributed by atoms with E-state index < -0.39 is 11.9 Å². The molecule has 1 aliphatic rings. The molecule has 0 saturated carbocycles. The lowest BCUT2D eigenvalue weighted by molar-refractivity contribution is -0.124. The van der Waals surface area contributed by atoms with Crippen LogP contribution < -0.4 is 5.32 Å². The molecule has 0 saturated heterocycles. The number of esters is 1. The van der Waals surface area contributed by atoms with Gasteiger partial charge in [0.2, 0.25) is 0 Å². The molecule has 4 rings (SSSR count). The third kappa shape index (κ3) is 4.52. The molecule has 1 N–H and O–H groups in total. The summed E-state index contributed by atoms with van der Waals surface area (Å²) >= 11 is 0. The number of carbonyl (C=O) groups excluding carboxylic acids is 2. The van der Waals surface area contributed by atoms with Crippen LogP contribution in [0.2, 0.25) is 0 Å². The lowest BCUT2D eigenvalue weighted by atomic mass is 10.0. The molecule has 1 amide bonds. The Morgan fingerprint density at radius 3 is 2.72 bits per heavy atom. The van der Waals surface area contributed by atoms with E-state index >= 15 is 0 Å². The molecule has 160 valence electrons. The quantitative estimate of drug-likeness (QED) is 0.472. The molecular formula is C26H23N3O3. The summed E-state index contributed by atoms with van der Waals surface area (Å²) in [6.07, 6.45) is 3.79. The van der Waals surface area contributed by atoms with Crippen LogP contribution in [0.15, 0.2) is 48.5 Å². The summed E-state index contributed by atoms with van der Waals surface area (Å²) in [4.78, 5) is 29.8. The predicted octanol–water partition coefficient (Wildman–Crippen LogP) is 4.22. The number of nitrogens with one attached hydrogen (secondary N) is 1. The van der Waals surface area contributed by atoms with E-state index in [9.17, 15) is 9.59 Å². The second kappa shape index (κ2) is 9.44. The van der Waals surface area contributed by atoms with Crippen molar-refractivity contribution in [3.8, 4) is 6.07 Å². The predicted molar refractivity (Wildman–Crippen MR) is 123 cm³/mol. The Morgan fingerprint density at radius 2 is 1.94 bits per heavy atom. The number of ether oxygens (including phenoxy) is 1. The molecule has 1 aliphatic carbocycles. The topological polar surface area (TPSA) is 92.1 Å². The fourth-order valence-electron chi connectivity index (χ4n) is 3.89. The molecule has 0 unspecified atom stereocenters. The van der Waals surface area contributed by atoms with Crippen LogP contribution in [0, 0.1) is 18.3 Å². The minimum Gasteiger partial charge on any atom is -0.452 e. The summed E-state index contributed by atoms with van der Waals surface area (Å²) in [7, 11) is 0. The molecule has 0 spiro atoms. The van der Waals surface area contributed by atoms with Crippen LogP contribution in [-0.2, 0) is 16.0 Å². The Hall–Kier alpha value is -3.98. The Bertz CT molecular complexity index is 1250. The average Bonchev–Trinajstić information content (AvgIpc) is 3.19. The van der Waals surface area contributed by atoms with Crippen molar-refractivity contribution in [3.63, 3.8) is 0 Å². The number of hydrogen-bond donors (Lipinski definition) is 1. The lowest BCUT2D eigenvalue weighted by Crippen LogP contribution is -2.29. The Kier molecular flexibility index (Phi) is 6.27. The number of nitrogens with zero attached hydrogens (tertiary/aromatic N) is 2. The van der Waals surface area contributed by atoms with E-state index in [2.05, 4.69) is 42.6 Å². The maximum absolute atomic E-state index is 13.1. The van der Waals surface area contributed by atoms with Gasteiger partial charge < -0.3 is 10.1 Å². The summed E-state index contributed by atoms with van der Waals surface area (Å²) in [6.45, 7) is 1.90. The number of para-hydroxylation sites is 1. The summed E-state index contributed by atoms with van der Waals surface area (Å²) in [5, 5.41) is 11.8. The molecule has 0 aliphatic heterocycles. The van der Waals surface area contributed by atoms with Crippen molar-refractivity contribution >= 4 is 34.4 Å². The van der Waals surface area contributed by atoms with Crippen LogP contribution in [0.5, 0.6) is 0 Å². The highest BCUT2D eigenvalue weighted by Gasteiger charge is 2.27. The number of aryl methyl sites for hydroxylation is 1. The summed E-state index contributed by atoms with van der Waals surface area (Å²) in [5.41, 5.74) is 6.23. The van der Waals surface area contributed by atoms with Gasteiger partial charge in [-0.05, 0) is 48.6 Å². The van der Waals surface area contributed by atoms with Gasteiger partial charge in [-0.1, -0.05) is 48.0 Å². The minimum absolute atomic E-state index is 0.207. The van der Waals surface area contributed by atoms with E-state index in [1.165, 1.54) is 5.56 Å². The third-order valence-corrected chi connectivity index (χ3v) is 5.46. The normalized spacial score (nSPS) is 13.6. The number of rotatable bonds is 6. The first-order valence-corrected chi connectivity index (χ1v) is 10.6. The third-order valence-electron chi connectivity index (χ3n) is 5.46. The van der Waals surface area contributed by atoms with E-state index in [1.54, 1.807) is 0 Å². The Labute approximate surface area is 186 Å². The molecule has 0 fully saturated rings. The van der Waals surface area contributed by atoms with Crippen LogP contribution in [0.3, 0.4) is 0 Å². The van der Waals surface area contributed by atoms with Crippen molar-refractivity contribution in [3.05, 3.63) is 76.5 Å². The number of allylic oxidation sites excluding steroid dienone is 1. The molecule has 32 heavy (non-hydrogen) atoms. The van der Waals surface area contributed by atoms with Crippen molar-refractivity contribution in [2.24, 2.45) is 0 Å². The van der Waals surface area contributed by atoms with Crippen LogP contribution >= 0.6 is 0 Å². The number of nitriles is 1. The number of fused-ring (bicyclic) bond motifs is 2. The Morgan fingerprint density at radius 1 is 1.16 bits per heavy atom. The van der Waals surface area contributed by atoms with Gasteiger partial charge >= 0.3 is 5.97 Å². The van der Waals surface area contributed by atoms with Crippen molar-refractivity contribution in [2.45, 2.75) is 26.2 Å². The van der Waals surface area contributed by atoms with Gasteiger partial charge in [-0.3, -0.25) is 4.79 Å². The van der Waals surface area contributed by atoms with Gasteiger partial charge in [0.1, 0.15) is 0 Å². The zero-order chi connectivity index (χ0) is 22.5. The number of hydrogen-bond acceptors (Lipinski definition) is 5. The van der Waals surface area contributed by atoms with Gasteiger partial charge in [0.25, 0.3) is 5.91 Å². The van der Waals surface area contributed by atoms with Crippen molar-refractivity contribution < 1.29 is 14.3 Å². The molecular weight excluding hydrogens is 402 g/mol. The first-order chi connectivity index (χ1) is 15.6. The number of benzene rings is 2. The summed E-state index contributed by atoms with van der Waals surface area (Å²) < 4.78 is 5.34. The highest BCUT2D eigenvalue weighted by atomic mass is 16.5. The Balaban J connectivity index is 1.66. The van der Waals surface area contributed by atoms with Crippen molar-refractivity contribution in [2.75, 3.05) is 13.2 Å². The molecule has 0 radical (unpaired) electrons. The van der Waals surface area contributed by atoms with Gasteiger partial charge in [0.05, 0.1) is 29.3 Å². The largest absolute Gasteiger partial charge is 0.452 e. The van der Waals surface area contributed by atoms with Crippen molar-refractivity contribution in [1.82, 2.24) is 10.3 Å². The van der Waals surface area contributed by atoms with Crippen molar-refractivity contribution in [1.29, 1.82) is 5.26 Å². The van der Waals surface area contributed by atoms with Crippen LogP contribution in [0.25, 0.3) is 22.6 Å². The molecule has 2 aromatic carbocycles. The summed E-state index contributed by atoms with van der Waals surface area (Å²) in [6, 6.07) is 17.7. The molecule has 6 nitrogen and oxygen atoms in total. The van der Waals surface area contributed by atoms with Crippen LogP contribution in [0.4, 0.5) is 0 Å². The van der Waals surface area contributed by atoms with E-state index in [0.29, 0.717) is 17.5 Å². The number of amides is 1. The monoisotopic (exact) mass is 425 g/mol. The van der Waals surface area contributed by atoms with E-state index in [1.807, 2.05) is 30.3 Å². The molecule has 3 aromatic rings. The first kappa shape index (κ1) is 21.3. The average molecular weight is 425 g/mol. The SMILES string of the molecule is Cc1ccc(C=C2CCc3c2nc2ccccc2c3C(=O)OCC(=O)NCCC#N)cc1. The van der Waals surface area contributed by atoms with Crippen LogP contribution in [-0.4, -0.2) is 30.0 Å². The standard InChI is InChI=1S/C26H23N3O3/c1-17-7-9-18(10-8-17)15-19-11-12-21-24(20-5-2-3-6-22(20)29-25(19)21)26(31)32-16-23(30)28-14-4-13-27/h2-3,5-10,15H,4,11-12,14,16H2,1H3,(H,28,30). The van der Waals surface area contributed by atoms with Gasteiger partial charge in [-0.2, -0.15) is 5.26 Å². The number of aromatic nitrogens is 1. The highest BCUT2D eigenvalue weighted by Crippen LogP contribution is 2.37. The smallest absolute Gasteiger partial charge is 0.339 e. The van der Waals surface area contributed by atoms with E-state index in [0.717, 1.165) is 34.2 Å². The number of carbonyl (C=O) groups is 2. The van der Waals surface area contributed by atoms with Gasteiger partial charge in [0, 0.05) is 11.9 Å². The minimum atomic E-state index is -0.535. The fourth-order valence-corrected chi connectivity index (χ4v) is 3.89. The summed E-state index contributed by atoms with van der Waals surface area (Å²) in [5.74, 6) is -0.963. The molecule has 6 heteroatoms. The zero-order valence-electron chi connectivity index (χ0n) is 17.9. The van der Waals surface area contributed by atoms with E-state index in [-0.39, 0.29) is 19.6 Å². The van der Waals surface area contributed by atoms with E-state index in [4.69, 9.17) is 15.0 Å². The first-order valence-electron chi connectivity index (χ1n) is 10.6.